The number of hydrogen-bond acceptors (Lipinski definition) is 2. The van der Waals surface area contributed by atoms with Crippen LogP contribution in [-0.4, -0.2) is 40.0 Å². The standard InChI is InChI=1S/C18H22N2O3/c1-11-7-8-14-13-6-4-5-9-19(3)18(23)17(13)20(10-15(21)22)16(14)12(11)2/h7-8H,4-6,9-10H2,1-3H3,(H,21,22). The van der Waals surface area contributed by atoms with Gasteiger partial charge in [-0.05, 0) is 49.8 Å². The average molecular weight is 314 g/mol. The van der Waals surface area contributed by atoms with E-state index in [1.54, 1.807) is 16.5 Å². The summed E-state index contributed by atoms with van der Waals surface area (Å²) in [6, 6.07) is 4.08. The fraction of sp³-hybridized carbons (Fsp3) is 0.444. The quantitative estimate of drug-likeness (QED) is 0.927. The molecule has 23 heavy (non-hydrogen) atoms. The average Bonchev–Trinajstić information content (AvgIpc) is 2.78. The van der Waals surface area contributed by atoms with Crippen LogP contribution in [0.1, 0.15) is 40.0 Å². The van der Waals surface area contributed by atoms with Crippen molar-refractivity contribution in [3.8, 4) is 0 Å². The van der Waals surface area contributed by atoms with Gasteiger partial charge in [0.2, 0.25) is 0 Å². The molecule has 1 aromatic carbocycles. The molecule has 1 aliphatic heterocycles. The summed E-state index contributed by atoms with van der Waals surface area (Å²) in [4.78, 5) is 26.0. The number of carboxylic acid groups (broad SMARTS) is 1. The zero-order valence-electron chi connectivity index (χ0n) is 13.8. The third-order valence-corrected chi connectivity index (χ3v) is 4.87. The molecule has 0 spiro atoms. The van der Waals surface area contributed by atoms with Crippen LogP contribution in [0.3, 0.4) is 0 Å². The highest BCUT2D eigenvalue weighted by molar-refractivity contribution is 6.03. The monoisotopic (exact) mass is 314 g/mol. The van der Waals surface area contributed by atoms with Gasteiger partial charge in [0, 0.05) is 19.0 Å². The van der Waals surface area contributed by atoms with Gasteiger partial charge in [-0.1, -0.05) is 12.1 Å². The summed E-state index contributed by atoms with van der Waals surface area (Å²) < 4.78 is 1.71. The number of aromatic nitrogens is 1. The van der Waals surface area contributed by atoms with E-state index in [0.717, 1.165) is 46.9 Å². The number of rotatable bonds is 2. The van der Waals surface area contributed by atoms with Crippen LogP contribution < -0.4 is 0 Å². The molecule has 2 aromatic rings. The molecule has 1 N–H and O–H groups in total. The van der Waals surface area contributed by atoms with E-state index in [0.29, 0.717) is 12.2 Å². The first-order valence-corrected chi connectivity index (χ1v) is 8.00. The molecule has 1 aromatic heterocycles. The largest absolute Gasteiger partial charge is 0.480 e. The molecule has 0 aliphatic carbocycles. The van der Waals surface area contributed by atoms with Gasteiger partial charge >= 0.3 is 5.97 Å². The number of aliphatic carboxylic acids is 1. The summed E-state index contributed by atoms with van der Waals surface area (Å²) in [7, 11) is 1.79. The maximum absolute atomic E-state index is 12.9. The number of carboxylic acids is 1. The molecule has 0 bridgehead atoms. The number of carbonyl (C=O) groups excluding carboxylic acids is 1. The minimum Gasteiger partial charge on any atom is -0.480 e. The van der Waals surface area contributed by atoms with E-state index in [-0.39, 0.29) is 12.5 Å². The lowest BCUT2D eigenvalue weighted by Crippen LogP contribution is -2.32. The molecular formula is C18H22N2O3. The van der Waals surface area contributed by atoms with E-state index in [2.05, 4.69) is 6.07 Å². The Bertz CT molecular complexity index is 804. The van der Waals surface area contributed by atoms with Gasteiger partial charge in [-0.3, -0.25) is 9.59 Å². The lowest BCUT2D eigenvalue weighted by molar-refractivity contribution is -0.137. The Kier molecular flexibility index (Phi) is 3.88. The van der Waals surface area contributed by atoms with Crippen molar-refractivity contribution in [1.82, 2.24) is 9.47 Å². The second kappa shape index (κ2) is 5.72. The van der Waals surface area contributed by atoms with Gasteiger partial charge in [0.05, 0.1) is 5.52 Å². The fourth-order valence-electron chi connectivity index (χ4n) is 3.52. The molecule has 2 heterocycles. The second-order valence-electron chi connectivity index (χ2n) is 6.39. The molecule has 0 atom stereocenters. The smallest absolute Gasteiger partial charge is 0.323 e. The molecule has 5 nitrogen and oxygen atoms in total. The topological polar surface area (TPSA) is 62.5 Å². The Hall–Kier alpha value is -2.30. The van der Waals surface area contributed by atoms with E-state index in [1.807, 2.05) is 19.9 Å². The maximum atomic E-state index is 12.9. The Balaban J connectivity index is 2.39. The minimum absolute atomic E-state index is 0.0748. The predicted octanol–water partition coefficient (Wildman–Crippen LogP) is 2.75. The molecule has 0 fully saturated rings. The number of amides is 1. The Morgan fingerprint density at radius 1 is 1.26 bits per heavy atom. The van der Waals surface area contributed by atoms with Gasteiger partial charge < -0.3 is 14.6 Å². The van der Waals surface area contributed by atoms with E-state index in [1.165, 1.54) is 0 Å². The number of aryl methyl sites for hydroxylation is 3. The molecule has 3 rings (SSSR count). The summed E-state index contributed by atoms with van der Waals surface area (Å²) in [5.41, 5.74) is 4.60. The Morgan fingerprint density at radius 2 is 2.00 bits per heavy atom. The highest BCUT2D eigenvalue weighted by Crippen LogP contribution is 2.33. The van der Waals surface area contributed by atoms with E-state index in [9.17, 15) is 14.7 Å². The van der Waals surface area contributed by atoms with E-state index < -0.39 is 5.97 Å². The summed E-state index contributed by atoms with van der Waals surface area (Å²) in [6.07, 6.45) is 2.79. The second-order valence-corrected chi connectivity index (χ2v) is 6.39. The molecular weight excluding hydrogens is 292 g/mol. The lowest BCUT2D eigenvalue weighted by Gasteiger charge is -2.22. The number of nitrogens with zero attached hydrogens (tertiary/aromatic N) is 2. The van der Waals surface area contributed by atoms with Crippen LogP contribution in [0.4, 0.5) is 0 Å². The van der Waals surface area contributed by atoms with Crippen molar-refractivity contribution in [2.75, 3.05) is 13.6 Å². The highest BCUT2D eigenvalue weighted by Gasteiger charge is 2.28. The molecule has 1 aliphatic rings. The summed E-state index contributed by atoms with van der Waals surface area (Å²) in [5.74, 6) is -1.00. The van der Waals surface area contributed by atoms with Crippen LogP contribution in [0.5, 0.6) is 0 Å². The zero-order chi connectivity index (χ0) is 16.7. The molecule has 0 saturated carbocycles. The molecule has 1 amide bonds. The summed E-state index contributed by atoms with van der Waals surface area (Å²) >= 11 is 0. The van der Waals surface area contributed by atoms with Crippen molar-refractivity contribution < 1.29 is 14.7 Å². The number of carbonyl (C=O) groups is 2. The van der Waals surface area contributed by atoms with Gasteiger partial charge in [0.25, 0.3) is 5.91 Å². The van der Waals surface area contributed by atoms with Crippen molar-refractivity contribution in [3.63, 3.8) is 0 Å². The van der Waals surface area contributed by atoms with Crippen LogP contribution in [0.25, 0.3) is 10.9 Å². The van der Waals surface area contributed by atoms with Crippen LogP contribution in [0.2, 0.25) is 0 Å². The first-order valence-electron chi connectivity index (χ1n) is 8.00. The van der Waals surface area contributed by atoms with Crippen LogP contribution in [0.15, 0.2) is 12.1 Å². The molecule has 0 radical (unpaired) electrons. The van der Waals surface area contributed by atoms with Crippen molar-refractivity contribution in [2.24, 2.45) is 0 Å². The van der Waals surface area contributed by atoms with E-state index >= 15 is 0 Å². The zero-order valence-corrected chi connectivity index (χ0v) is 13.8. The molecule has 5 heteroatoms. The lowest BCUT2D eigenvalue weighted by atomic mass is 9.99. The van der Waals surface area contributed by atoms with E-state index in [4.69, 9.17) is 0 Å². The predicted molar refractivity (Wildman–Crippen MR) is 88.9 cm³/mol. The van der Waals surface area contributed by atoms with Crippen LogP contribution in [-0.2, 0) is 17.8 Å². The first-order chi connectivity index (χ1) is 10.9. The van der Waals surface area contributed by atoms with Crippen molar-refractivity contribution in [2.45, 2.75) is 39.7 Å². The molecule has 0 saturated heterocycles. The molecule has 122 valence electrons. The molecule has 0 unspecified atom stereocenters. The van der Waals surface area contributed by atoms with Gasteiger partial charge in [-0.15, -0.1) is 0 Å². The first kappa shape index (κ1) is 15.6. The van der Waals surface area contributed by atoms with Crippen LogP contribution in [0, 0.1) is 13.8 Å². The Morgan fingerprint density at radius 3 is 2.70 bits per heavy atom. The van der Waals surface area contributed by atoms with Gasteiger partial charge in [-0.2, -0.15) is 0 Å². The summed E-state index contributed by atoms with van der Waals surface area (Å²) in [5, 5.41) is 10.4. The summed E-state index contributed by atoms with van der Waals surface area (Å²) in [6.45, 7) is 4.54. The van der Waals surface area contributed by atoms with Crippen molar-refractivity contribution in [1.29, 1.82) is 0 Å². The Labute approximate surface area is 135 Å². The maximum Gasteiger partial charge on any atom is 0.323 e. The number of benzene rings is 1. The normalized spacial score (nSPS) is 15.4. The van der Waals surface area contributed by atoms with Crippen LogP contribution >= 0.6 is 0 Å². The fourth-order valence-corrected chi connectivity index (χ4v) is 3.52. The number of hydrogen-bond donors (Lipinski definition) is 1. The van der Waals surface area contributed by atoms with Crippen molar-refractivity contribution in [3.05, 3.63) is 34.5 Å². The third kappa shape index (κ3) is 2.50. The van der Waals surface area contributed by atoms with Gasteiger partial charge in [0.15, 0.2) is 0 Å². The van der Waals surface area contributed by atoms with Crippen molar-refractivity contribution >= 4 is 22.8 Å². The highest BCUT2D eigenvalue weighted by atomic mass is 16.4. The third-order valence-electron chi connectivity index (χ3n) is 4.87. The number of fused-ring (bicyclic) bond motifs is 3. The SMILES string of the molecule is Cc1ccc2c3c(n(CC(=O)O)c2c1C)C(=O)N(C)CCCC3. The van der Waals surface area contributed by atoms with Gasteiger partial charge in [-0.25, -0.2) is 0 Å². The van der Waals surface area contributed by atoms with Gasteiger partial charge in [0.1, 0.15) is 12.2 Å². The minimum atomic E-state index is -0.928.